The third-order valence-corrected chi connectivity index (χ3v) is 10.3. The molecule has 3 aromatic rings. The second-order valence-corrected chi connectivity index (χ2v) is 12.8. The molecule has 1 unspecified atom stereocenters. The highest BCUT2D eigenvalue weighted by Crippen LogP contribution is 2.44. The average Bonchev–Trinajstić information content (AvgIpc) is 3.58. The van der Waals surface area contributed by atoms with Crippen molar-refractivity contribution in [3.05, 3.63) is 64.0 Å². The molecule has 0 radical (unpaired) electrons. The number of amides is 1. The lowest BCUT2D eigenvalue weighted by Crippen LogP contribution is -2.43. The molecule has 7 nitrogen and oxygen atoms in total. The van der Waals surface area contributed by atoms with Gasteiger partial charge in [0.2, 0.25) is 0 Å². The number of carbonyl (C=O) groups excluding carboxylic acids is 1. The predicted octanol–water partition coefficient (Wildman–Crippen LogP) is 5.84. The molecule has 3 atom stereocenters. The van der Waals surface area contributed by atoms with Gasteiger partial charge in [0, 0.05) is 55.2 Å². The molecular weight excluding hydrogens is 532 g/mol. The van der Waals surface area contributed by atoms with E-state index in [1.54, 1.807) is 11.3 Å². The van der Waals surface area contributed by atoms with Gasteiger partial charge in [-0.05, 0) is 92.7 Å². The third kappa shape index (κ3) is 5.71. The van der Waals surface area contributed by atoms with E-state index < -0.39 is 0 Å². The van der Waals surface area contributed by atoms with Gasteiger partial charge < -0.3 is 19.6 Å². The third-order valence-electron chi connectivity index (χ3n) is 9.35. The first-order valence-electron chi connectivity index (χ1n) is 14.8. The van der Waals surface area contributed by atoms with Crippen LogP contribution < -0.4 is 9.64 Å². The lowest BCUT2D eigenvalue weighted by atomic mass is 9.86. The number of ether oxygens (including phenoxy) is 1. The van der Waals surface area contributed by atoms with Crippen molar-refractivity contribution in [3.8, 4) is 23.1 Å². The van der Waals surface area contributed by atoms with E-state index in [0.717, 1.165) is 64.8 Å². The number of nitriles is 1. The number of anilines is 1. The van der Waals surface area contributed by atoms with Crippen molar-refractivity contribution in [2.45, 2.75) is 46.1 Å². The number of aryl methyl sites for hydroxylation is 2. The minimum atomic E-state index is 0.0331. The maximum atomic E-state index is 13.0. The Bertz CT molecular complexity index is 1440. The SMILES string of the molecule is Cc1ccc(OCc2ccc(C(=O)N3CCC(C#N)CC3)cc2C)c(-c2csc(N3C[C@H]4CC[C@@H](C3)C4CO)n2)c1. The normalized spacial score (nSPS) is 22.5. The summed E-state index contributed by atoms with van der Waals surface area (Å²) in [7, 11) is 0. The molecule has 3 fully saturated rings. The number of carbonyl (C=O) groups is 1. The Morgan fingerprint density at radius 1 is 1.10 bits per heavy atom. The fraction of sp³-hybridized carbons (Fsp3) is 0.485. The van der Waals surface area contributed by atoms with E-state index in [1.165, 1.54) is 12.8 Å². The molecule has 1 amide bonds. The molecule has 41 heavy (non-hydrogen) atoms. The minimum Gasteiger partial charge on any atom is -0.488 e. The first-order valence-corrected chi connectivity index (χ1v) is 15.6. The van der Waals surface area contributed by atoms with E-state index in [0.29, 0.717) is 49.6 Å². The van der Waals surface area contributed by atoms with Gasteiger partial charge in [0.15, 0.2) is 5.13 Å². The lowest BCUT2D eigenvalue weighted by molar-refractivity contribution is 0.0707. The van der Waals surface area contributed by atoms with E-state index in [-0.39, 0.29) is 11.8 Å². The Kier molecular flexibility index (Phi) is 8.01. The number of rotatable bonds is 7. The molecule has 6 rings (SSSR count). The zero-order valence-electron chi connectivity index (χ0n) is 23.9. The summed E-state index contributed by atoms with van der Waals surface area (Å²) in [6.45, 7) is 8.03. The highest BCUT2D eigenvalue weighted by Gasteiger charge is 2.42. The maximum absolute atomic E-state index is 13.0. The van der Waals surface area contributed by atoms with Crippen LogP contribution in [0.5, 0.6) is 5.75 Å². The van der Waals surface area contributed by atoms with Crippen molar-refractivity contribution >= 4 is 22.4 Å². The standard InChI is InChI=1S/C33H38N4O3S/c1-21-3-8-31(28(13-21)30-20-41-33(35-30)37-16-25-5-6-26(17-37)29(25)18-38)40-19-27-7-4-24(14-22(27)2)32(39)36-11-9-23(15-34)10-12-36/h3-4,7-8,13-14,20,23,25-26,29,38H,5-6,9-12,16-19H2,1-2H3/t25-,26+,29?. The number of thiazole rings is 1. The lowest BCUT2D eigenvalue weighted by Gasteiger charge is -2.37. The number of aliphatic hydroxyl groups is 1. The molecule has 2 aliphatic heterocycles. The minimum absolute atomic E-state index is 0.0331. The second kappa shape index (κ2) is 11.8. The second-order valence-electron chi connectivity index (χ2n) is 12.0. The largest absolute Gasteiger partial charge is 0.488 e. The molecule has 1 aromatic heterocycles. The highest BCUT2D eigenvalue weighted by molar-refractivity contribution is 7.14. The van der Waals surface area contributed by atoms with E-state index in [9.17, 15) is 9.90 Å². The van der Waals surface area contributed by atoms with Gasteiger partial charge in [-0.2, -0.15) is 5.26 Å². The molecule has 3 heterocycles. The fourth-order valence-electron chi connectivity index (χ4n) is 6.83. The van der Waals surface area contributed by atoms with Gasteiger partial charge in [-0.1, -0.05) is 17.7 Å². The zero-order valence-corrected chi connectivity index (χ0v) is 24.7. The fourth-order valence-corrected chi connectivity index (χ4v) is 7.68. The maximum Gasteiger partial charge on any atom is 0.253 e. The van der Waals surface area contributed by atoms with Crippen LogP contribution in [-0.4, -0.2) is 53.7 Å². The summed E-state index contributed by atoms with van der Waals surface area (Å²) in [4.78, 5) is 22.4. The molecule has 1 saturated carbocycles. The quantitative estimate of drug-likeness (QED) is 0.384. The summed E-state index contributed by atoms with van der Waals surface area (Å²) in [5.41, 5.74) is 5.82. The molecule has 2 saturated heterocycles. The van der Waals surface area contributed by atoms with E-state index >= 15 is 0 Å². The number of aliphatic hydroxyl groups excluding tert-OH is 1. The first-order chi connectivity index (χ1) is 19.9. The van der Waals surface area contributed by atoms with Gasteiger partial charge >= 0.3 is 0 Å². The van der Waals surface area contributed by atoms with Crippen molar-refractivity contribution in [1.29, 1.82) is 5.26 Å². The summed E-state index contributed by atoms with van der Waals surface area (Å²) >= 11 is 1.69. The molecule has 2 aromatic carbocycles. The summed E-state index contributed by atoms with van der Waals surface area (Å²) < 4.78 is 6.38. The van der Waals surface area contributed by atoms with Gasteiger partial charge in [-0.25, -0.2) is 4.98 Å². The van der Waals surface area contributed by atoms with E-state index in [1.807, 2.05) is 36.1 Å². The van der Waals surface area contributed by atoms with E-state index in [4.69, 9.17) is 15.0 Å². The molecule has 8 heteroatoms. The molecular formula is C33H38N4O3S. The van der Waals surface area contributed by atoms with Crippen LogP contribution in [0.4, 0.5) is 5.13 Å². The van der Waals surface area contributed by atoms with Crippen LogP contribution in [0.15, 0.2) is 41.8 Å². The summed E-state index contributed by atoms with van der Waals surface area (Å²) in [5.74, 6) is 2.45. The Balaban J connectivity index is 1.14. The summed E-state index contributed by atoms with van der Waals surface area (Å²) in [6.07, 6.45) is 3.90. The average molecular weight is 571 g/mol. The number of piperidine rings is 2. The van der Waals surface area contributed by atoms with Crippen molar-refractivity contribution < 1.29 is 14.6 Å². The topological polar surface area (TPSA) is 89.7 Å². The van der Waals surface area contributed by atoms with Crippen LogP contribution in [0.2, 0.25) is 0 Å². The van der Waals surface area contributed by atoms with Crippen LogP contribution >= 0.6 is 11.3 Å². The Morgan fingerprint density at radius 3 is 2.54 bits per heavy atom. The molecule has 214 valence electrons. The van der Waals surface area contributed by atoms with Gasteiger partial charge in [0.1, 0.15) is 12.4 Å². The molecule has 0 spiro atoms. The van der Waals surface area contributed by atoms with E-state index in [2.05, 4.69) is 35.4 Å². The summed E-state index contributed by atoms with van der Waals surface area (Å²) in [5, 5.41) is 22.1. The van der Waals surface area contributed by atoms with Crippen molar-refractivity contribution in [1.82, 2.24) is 9.88 Å². The van der Waals surface area contributed by atoms with Crippen LogP contribution in [0.1, 0.15) is 52.7 Å². The molecule has 1 N–H and O–H groups in total. The number of benzene rings is 2. The Labute approximate surface area is 246 Å². The molecule has 3 aliphatic rings. The van der Waals surface area contributed by atoms with Gasteiger partial charge in [-0.3, -0.25) is 4.79 Å². The zero-order chi connectivity index (χ0) is 28.5. The predicted molar refractivity (Wildman–Crippen MR) is 161 cm³/mol. The molecule has 1 aliphatic carbocycles. The van der Waals surface area contributed by atoms with Gasteiger partial charge in [-0.15, -0.1) is 11.3 Å². The van der Waals surface area contributed by atoms with Crippen molar-refractivity contribution in [2.24, 2.45) is 23.7 Å². The summed E-state index contributed by atoms with van der Waals surface area (Å²) in [6, 6.07) is 14.4. The van der Waals surface area contributed by atoms with Gasteiger partial charge in [0.25, 0.3) is 5.91 Å². The van der Waals surface area contributed by atoms with Gasteiger partial charge in [0.05, 0.1) is 11.8 Å². The number of likely N-dealkylation sites (tertiary alicyclic amines) is 1. The molecule has 2 bridgehead atoms. The number of fused-ring (bicyclic) bond motifs is 2. The first kappa shape index (κ1) is 27.7. The highest BCUT2D eigenvalue weighted by atomic mass is 32.1. The van der Waals surface area contributed by atoms with Crippen molar-refractivity contribution in [2.75, 3.05) is 37.7 Å². The van der Waals surface area contributed by atoms with Crippen LogP contribution in [0.25, 0.3) is 11.3 Å². The number of hydrogen-bond donors (Lipinski definition) is 1. The van der Waals surface area contributed by atoms with Crippen LogP contribution in [0.3, 0.4) is 0 Å². The van der Waals surface area contributed by atoms with Crippen LogP contribution in [-0.2, 0) is 6.61 Å². The van der Waals surface area contributed by atoms with Crippen molar-refractivity contribution in [3.63, 3.8) is 0 Å². The smallest absolute Gasteiger partial charge is 0.253 e. The monoisotopic (exact) mass is 570 g/mol. The number of hydrogen-bond acceptors (Lipinski definition) is 7. The Hall–Kier alpha value is -3.41. The Morgan fingerprint density at radius 2 is 1.85 bits per heavy atom. The number of nitrogens with zero attached hydrogens (tertiary/aromatic N) is 4. The number of aromatic nitrogens is 1. The van der Waals surface area contributed by atoms with Crippen LogP contribution in [0, 0.1) is 48.9 Å².